The molecule has 0 aliphatic heterocycles. The summed E-state index contributed by atoms with van der Waals surface area (Å²) in [6.07, 6.45) is 0. The second kappa shape index (κ2) is 5.57. The fourth-order valence-electron chi connectivity index (χ4n) is 1.19. The van der Waals surface area contributed by atoms with Gasteiger partial charge in [0.25, 0.3) is 0 Å². The van der Waals surface area contributed by atoms with Crippen LogP contribution in [0, 0.1) is 25.2 Å². The molecule has 1 aromatic carbocycles. The summed E-state index contributed by atoms with van der Waals surface area (Å²) in [6.45, 7) is 4.02. The molecule has 2 nitrogen and oxygen atoms in total. The van der Waals surface area contributed by atoms with Gasteiger partial charge < -0.3 is 0 Å². The predicted molar refractivity (Wildman–Crippen MR) is 63.2 cm³/mol. The molecule has 0 N–H and O–H groups in total. The Labute approximate surface area is 94.3 Å². The van der Waals surface area contributed by atoms with Gasteiger partial charge in [-0.1, -0.05) is 12.1 Å². The number of thioether (sulfide) groups is 1. The number of carbonyl (C=O) groups excluding carboxylic acids is 1. The summed E-state index contributed by atoms with van der Waals surface area (Å²) in [6, 6.07) is 7.71. The molecule has 0 saturated carbocycles. The molecule has 15 heavy (non-hydrogen) atoms. The lowest BCUT2D eigenvalue weighted by Crippen LogP contribution is -2.03. The van der Waals surface area contributed by atoms with Crippen LogP contribution in [0.2, 0.25) is 0 Å². The SMILES string of the molecule is Cc1ccc(C(=O)CSCC#N)cc1C. The molecule has 0 aromatic heterocycles. The van der Waals surface area contributed by atoms with Gasteiger partial charge in [0.05, 0.1) is 17.6 Å². The van der Waals surface area contributed by atoms with Gasteiger partial charge in [-0.25, -0.2) is 0 Å². The highest BCUT2D eigenvalue weighted by Gasteiger charge is 2.06. The average Bonchev–Trinajstić information content (AvgIpc) is 2.22. The first-order chi connectivity index (χ1) is 7.15. The van der Waals surface area contributed by atoms with Gasteiger partial charge in [0.1, 0.15) is 0 Å². The molecular formula is C12H13NOS. The van der Waals surface area contributed by atoms with E-state index in [9.17, 15) is 4.79 Å². The molecule has 3 heteroatoms. The number of hydrogen-bond acceptors (Lipinski definition) is 3. The Bertz CT molecular complexity index is 407. The predicted octanol–water partition coefficient (Wildman–Crippen LogP) is 2.74. The van der Waals surface area contributed by atoms with E-state index < -0.39 is 0 Å². The third-order valence-corrected chi connectivity index (χ3v) is 3.03. The van der Waals surface area contributed by atoms with Gasteiger partial charge in [-0.3, -0.25) is 4.79 Å². The summed E-state index contributed by atoms with van der Waals surface area (Å²) < 4.78 is 0. The first-order valence-corrected chi connectivity index (χ1v) is 5.85. The third kappa shape index (κ3) is 3.41. The second-order valence-corrected chi connectivity index (χ2v) is 4.36. The van der Waals surface area contributed by atoms with Gasteiger partial charge in [0.2, 0.25) is 0 Å². The maximum Gasteiger partial charge on any atom is 0.172 e. The molecule has 0 amide bonds. The summed E-state index contributed by atoms with van der Waals surface area (Å²) in [5.41, 5.74) is 3.06. The number of hydrogen-bond donors (Lipinski definition) is 0. The first-order valence-electron chi connectivity index (χ1n) is 4.70. The number of carbonyl (C=O) groups is 1. The average molecular weight is 219 g/mol. The zero-order chi connectivity index (χ0) is 11.3. The summed E-state index contributed by atoms with van der Waals surface area (Å²) in [5, 5.41) is 8.35. The molecule has 0 heterocycles. The van der Waals surface area contributed by atoms with Crippen LogP contribution in [-0.4, -0.2) is 17.3 Å². The lowest BCUT2D eigenvalue weighted by Gasteiger charge is -2.03. The van der Waals surface area contributed by atoms with Crippen molar-refractivity contribution in [2.24, 2.45) is 0 Å². The smallest absolute Gasteiger partial charge is 0.172 e. The minimum atomic E-state index is 0.0957. The van der Waals surface area contributed by atoms with E-state index in [1.807, 2.05) is 38.1 Å². The molecule has 1 rings (SSSR count). The van der Waals surface area contributed by atoms with Crippen LogP contribution < -0.4 is 0 Å². The van der Waals surface area contributed by atoms with Crippen molar-refractivity contribution in [3.05, 3.63) is 34.9 Å². The molecule has 0 atom stereocenters. The van der Waals surface area contributed by atoms with Crippen LogP contribution in [0.15, 0.2) is 18.2 Å². The van der Waals surface area contributed by atoms with Gasteiger partial charge in [-0.15, -0.1) is 11.8 Å². The fourth-order valence-corrected chi connectivity index (χ4v) is 1.73. The molecular weight excluding hydrogens is 206 g/mol. The van der Waals surface area contributed by atoms with E-state index in [4.69, 9.17) is 5.26 Å². The van der Waals surface area contributed by atoms with Crippen molar-refractivity contribution in [1.82, 2.24) is 0 Å². The lowest BCUT2D eigenvalue weighted by atomic mass is 10.0. The van der Waals surface area contributed by atoms with Crippen LogP contribution in [-0.2, 0) is 0 Å². The highest BCUT2D eigenvalue weighted by molar-refractivity contribution is 8.00. The van der Waals surface area contributed by atoms with E-state index in [1.54, 1.807) is 0 Å². The maximum absolute atomic E-state index is 11.7. The van der Waals surface area contributed by atoms with Crippen molar-refractivity contribution in [2.75, 3.05) is 11.5 Å². The van der Waals surface area contributed by atoms with Gasteiger partial charge in [-0.05, 0) is 31.0 Å². The first kappa shape index (κ1) is 11.8. The lowest BCUT2D eigenvalue weighted by molar-refractivity contribution is 0.102. The second-order valence-electron chi connectivity index (χ2n) is 3.37. The Morgan fingerprint density at radius 3 is 2.73 bits per heavy atom. The molecule has 0 saturated heterocycles. The van der Waals surface area contributed by atoms with Gasteiger partial charge in [0, 0.05) is 5.56 Å². The Morgan fingerprint density at radius 2 is 2.13 bits per heavy atom. The molecule has 78 valence electrons. The van der Waals surface area contributed by atoms with Crippen LogP contribution >= 0.6 is 11.8 Å². The highest BCUT2D eigenvalue weighted by Crippen LogP contribution is 2.12. The molecule has 0 bridgehead atoms. The van der Waals surface area contributed by atoms with Crippen molar-refractivity contribution in [1.29, 1.82) is 5.26 Å². The number of nitrogens with zero attached hydrogens (tertiary/aromatic N) is 1. The van der Waals surface area contributed by atoms with Crippen molar-refractivity contribution in [2.45, 2.75) is 13.8 Å². The van der Waals surface area contributed by atoms with E-state index in [0.717, 1.165) is 11.1 Å². The number of nitriles is 1. The standard InChI is InChI=1S/C12H13NOS/c1-9-3-4-11(7-10(9)2)12(14)8-15-6-5-13/h3-4,7H,6,8H2,1-2H3. The number of benzene rings is 1. The zero-order valence-electron chi connectivity index (χ0n) is 8.91. The Hall–Kier alpha value is -1.27. The van der Waals surface area contributed by atoms with Crippen molar-refractivity contribution in [3.63, 3.8) is 0 Å². The number of ketones is 1. The zero-order valence-corrected chi connectivity index (χ0v) is 9.73. The van der Waals surface area contributed by atoms with Gasteiger partial charge >= 0.3 is 0 Å². The van der Waals surface area contributed by atoms with Crippen LogP contribution in [0.3, 0.4) is 0 Å². The molecule has 1 aromatic rings. The monoisotopic (exact) mass is 219 g/mol. The minimum absolute atomic E-state index is 0.0957. The summed E-state index contributed by atoms with van der Waals surface area (Å²) in [7, 11) is 0. The van der Waals surface area contributed by atoms with E-state index in [2.05, 4.69) is 0 Å². The van der Waals surface area contributed by atoms with Crippen molar-refractivity contribution >= 4 is 17.5 Å². The van der Waals surface area contributed by atoms with E-state index in [-0.39, 0.29) is 5.78 Å². The fraction of sp³-hybridized carbons (Fsp3) is 0.333. The quantitative estimate of drug-likeness (QED) is 0.577. The van der Waals surface area contributed by atoms with Crippen LogP contribution in [0.25, 0.3) is 0 Å². The maximum atomic E-state index is 11.7. The normalized spacial score (nSPS) is 9.67. The van der Waals surface area contributed by atoms with Crippen molar-refractivity contribution in [3.8, 4) is 6.07 Å². The van der Waals surface area contributed by atoms with Gasteiger partial charge in [-0.2, -0.15) is 5.26 Å². The molecule has 0 spiro atoms. The highest BCUT2D eigenvalue weighted by atomic mass is 32.2. The number of aryl methyl sites for hydroxylation is 2. The molecule has 0 aliphatic rings. The van der Waals surface area contributed by atoms with Crippen LogP contribution in [0.4, 0.5) is 0 Å². The van der Waals surface area contributed by atoms with Gasteiger partial charge in [0.15, 0.2) is 5.78 Å². The van der Waals surface area contributed by atoms with Crippen molar-refractivity contribution < 1.29 is 4.79 Å². The summed E-state index contributed by atoms with van der Waals surface area (Å²) >= 11 is 1.36. The molecule has 0 unspecified atom stereocenters. The molecule has 0 fully saturated rings. The topological polar surface area (TPSA) is 40.9 Å². The van der Waals surface area contributed by atoms with E-state index >= 15 is 0 Å². The summed E-state index contributed by atoms with van der Waals surface area (Å²) in [4.78, 5) is 11.7. The number of rotatable bonds is 4. The van der Waals surface area contributed by atoms with E-state index in [0.29, 0.717) is 11.5 Å². The van der Waals surface area contributed by atoms with Crippen LogP contribution in [0.1, 0.15) is 21.5 Å². The largest absolute Gasteiger partial charge is 0.293 e. The summed E-state index contributed by atoms with van der Waals surface area (Å²) in [5.74, 6) is 0.852. The third-order valence-electron chi connectivity index (χ3n) is 2.23. The minimum Gasteiger partial charge on any atom is -0.293 e. The molecule has 0 radical (unpaired) electrons. The van der Waals surface area contributed by atoms with Crippen LogP contribution in [0.5, 0.6) is 0 Å². The Kier molecular flexibility index (Phi) is 4.38. The molecule has 0 aliphatic carbocycles. The Balaban J connectivity index is 2.67. The number of Topliss-reactive ketones (excluding diaryl/α,β-unsaturated/α-hetero) is 1. The van der Waals surface area contributed by atoms with E-state index in [1.165, 1.54) is 17.3 Å². The Morgan fingerprint density at radius 1 is 1.40 bits per heavy atom.